The molecular formula is C46H34N2O. The van der Waals surface area contributed by atoms with Crippen molar-refractivity contribution in [3.63, 3.8) is 0 Å². The molecule has 3 nitrogen and oxygen atoms in total. The van der Waals surface area contributed by atoms with Gasteiger partial charge in [0.2, 0.25) is 0 Å². The Morgan fingerprint density at radius 1 is 0.531 bits per heavy atom. The van der Waals surface area contributed by atoms with Crippen LogP contribution in [0.2, 0.25) is 0 Å². The molecule has 0 amide bonds. The number of amidine groups is 1. The van der Waals surface area contributed by atoms with E-state index in [2.05, 4.69) is 159 Å². The van der Waals surface area contributed by atoms with E-state index in [4.69, 9.17) is 14.4 Å². The minimum atomic E-state index is 0.147. The van der Waals surface area contributed by atoms with Gasteiger partial charge in [-0.1, -0.05) is 153 Å². The van der Waals surface area contributed by atoms with E-state index >= 15 is 0 Å². The number of hydrogen-bond acceptors (Lipinski definition) is 3. The molecule has 7 aromatic carbocycles. The Labute approximate surface area is 285 Å². The summed E-state index contributed by atoms with van der Waals surface area (Å²) in [6.45, 7) is 4.43. The predicted octanol–water partition coefficient (Wildman–Crippen LogP) is 12.2. The maximum atomic E-state index is 6.83. The fraction of sp³-hybridized carbons (Fsp3) is 0.0870. The van der Waals surface area contributed by atoms with Crippen molar-refractivity contribution in [2.24, 2.45) is 15.9 Å². The fourth-order valence-corrected chi connectivity index (χ4v) is 7.30. The van der Waals surface area contributed by atoms with Crippen LogP contribution < -0.4 is 0 Å². The molecule has 3 heteroatoms. The Morgan fingerprint density at radius 2 is 1.16 bits per heavy atom. The van der Waals surface area contributed by atoms with Crippen LogP contribution in [-0.4, -0.2) is 11.5 Å². The summed E-state index contributed by atoms with van der Waals surface area (Å²) in [6.07, 6.45) is 3.08. The summed E-state index contributed by atoms with van der Waals surface area (Å²) in [6, 6.07) is 51.3. The number of hydrogen-bond donors (Lipinski definition) is 0. The van der Waals surface area contributed by atoms with Crippen LogP contribution in [0.1, 0.15) is 35.6 Å². The van der Waals surface area contributed by atoms with Crippen molar-refractivity contribution in [3.8, 4) is 11.1 Å². The predicted molar refractivity (Wildman–Crippen MR) is 207 cm³/mol. The van der Waals surface area contributed by atoms with E-state index in [1.807, 2.05) is 6.07 Å². The Bertz CT molecular complexity index is 2630. The van der Waals surface area contributed by atoms with Crippen LogP contribution in [0, 0.1) is 12.8 Å². The second-order valence-corrected chi connectivity index (χ2v) is 13.0. The third-order valence-electron chi connectivity index (χ3n) is 9.90. The number of rotatable bonds is 4. The first-order valence-corrected chi connectivity index (χ1v) is 17.0. The normalized spacial score (nSPS) is 15.2. The summed E-state index contributed by atoms with van der Waals surface area (Å²) in [5, 5.41) is 6.91. The molecular weight excluding hydrogens is 597 g/mol. The Morgan fingerprint density at radius 3 is 1.98 bits per heavy atom. The topological polar surface area (TPSA) is 37.9 Å². The second kappa shape index (κ2) is 11.9. The van der Waals surface area contributed by atoms with E-state index in [9.17, 15) is 0 Å². The van der Waals surface area contributed by atoms with Gasteiger partial charge in [-0.3, -0.25) is 0 Å². The number of allylic oxidation sites excluding steroid dienone is 1. The zero-order valence-electron chi connectivity index (χ0n) is 27.5. The molecule has 0 aliphatic carbocycles. The van der Waals surface area contributed by atoms with E-state index in [0.29, 0.717) is 5.84 Å². The fourth-order valence-electron chi connectivity index (χ4n) is 7.30. The third kappa shape index (κ3) is 5.06. The van der Waals surface area contributed by atoms with Crippen molar-refractivity contribution in [2.75, 3.05) is 0 Å². The monoisotopic (exact) mass is 630 g/mol. The number of furan rings is 1. The zero-order valence-corrected chi connectivity index (χ0v) is 27.5. The van der Waals surface area contributed by atoms with Crippen LogP contribution >= 0.6 is 0 Å². The molecule has 234 valence electrons. The van der Waals surface area contributed by atoms with E-state index in [1.54, 1.807) is 0 Å². The standard InChI is InChI=1S/C46H34N2O/c1-29-19-26-40-39-27-25-34-14-7-9-17-37(34)44(39)49-45(40)42(29)41-28-20-30(2)43(38-18-10-15-33-13-6-8-16-36(33)38)48-46(47-41)35-23-21-32(22-24-35)31-11-4-3-5-12-31/h3-19,21-28,30H,20H2,1-2H3. The Hall–Kier alpha value is -6.06. The molecule has 49 heavy (non-hydrogen) atoms. The van der Waals surface area contributed by atoms with Crippen LogP contribution in [0.4, 0.5) is 0 Å². The van der Waals surface area contributed by atoms with Crippen LogP contribution in [0.5, 0.6) is 0 Å². The van der Waals surface area contributed by atoms with Gasteiger partial charge in [0.25, 0.3) is 0 Å². The molecule has 0 N–H and O–H groups in total. The van der Waals surface area contributed by atoms with Crippen molar-refractivity contribution < 1.29 is 4.42 Å². The highest BCUT2D eigenvalue weighted by Crippen LogP contribution is 2.40. The largest absolute Gasteiger partial charge is 0.455 e. The molecule has 2 heterocycles. The van der Waals surface area contributed by atoms with Gasteiger partial charge in [0.15, 0.2) is 5.84 Å². The highest BCUT2D eigenvalue weighted by molar-refractivity contribution is 6.20. The lowest BCUT2D eigenvalue weighted by atomic mass is 9.90. The van der Waals surface area contributed by atoms with Gasteiger partial charge in [-0.05, 0) is 52.3 Å². The first-order chi connectivity index (χ1) is 24.1. The molecule has 8 aromatic rings. The maximum Gasteiger partial charge on any atom is 0.160 e. The molecule has 0 spiro atoms. The molecule has 0 radical (unpaired) electrons. The molecule has 0 saturated heterocycles. The van der Waals surface area contributed by atoms with Gasteiger partial charge in [-0.25, -0.2) is 9.98 Å². The van der Waals surface area contributed by atoms with Crippen molar-refractivity contribution in [3.05, 3.63) is 174 Å². The summed E-state index contributed by atoms with van der Waals surface area (Å²) >= 11 is 0. The lowest BCUT2D eigenvalue weighted by Gasteiger charge is -2.20. The zero-order chi connectivity index (χ0) is 32.9. The molecule has 0 saturated carbocycles. The van der Waals surface area contributed by atoms with Gasteiger partial charge >= 0.3 is 0 Å². The van der Waals surface area contributed by atoms with Gasteiger partial charge < -0.3 is 4.42 Å². The van der Waals surface area contributed by atoms with E-state index in [0.717, 1.165) is 73.0 Å². The molecule has 1 aliphatic rings. The van der Waals surface area contributed by atoms with E-state index < -0.39 is 0 Å². The molecule has 1 atom stereocenters. The maximum absolute atomic E-state index is 6.83. The smallest absolute Gasteiger partial charge is 0.160 e. The van der Waals surface area contributed by atoms with Gasteiger partial charge in [0.05, 0.1) is 11.4 Å². The average Bonchev–Trinajstić information content (AvgIpc) is 3.53. The van der Waals surface area contributed by atoms with Gasteiger partial charge in [0, 0.05) is 38.8 Å². The summed E-state index contributed by atoms with van der Waals surface area (Å²) in [5.74, 6) is 0.840. The van der Waals surface area contributed by atoms with E-state index in [-0.39, 0.29) is 5.92 Å². The van der Waals surface area contributed by atoms with E-state index in [1.165, 1.54) is 21.7 Å². The molecule has 0 fully saturated rings. The van der Waals surface area contributed by atoms with Gasteiger partial charge in [-0.15, -0.1) is 0 Å². The quantitative estimate of drug-likeness (QED) is 0.191. The van der Waals surface area contributed by atoms with Crippen LogP contribution in [0.3, 0.4) is 0 Å². The van der Waals surface area contributed by atoms with Crippen molar-refractivity contribution in [1.82, 2.24) is 0 Å². The summed E-state index contributed by atoms with van der Waals surface area (Å²) < 4.78 is 6.83. The highest BCUT2D eigenvalue weighted by Gasteiger charge is 2.23. The summed E-state index contributed by atoms with van der Waals surface area (Å²) in [4.78, 5) is 10.9. The van der Waals surface area contributed by atoms with Crippen LogP contribution in [-0.2, 0) is 0 Å². The van der Waals surface area contributed by atoms with Crippen LogP contribution in [0.15, 0.2) is 166 Å². The molecule has 1 unspecified atom stereocenters. The molecule has 1 aromatic heterocycles. The lowest BCUT2D eigenvalue weighted by Crippen LogP contribution is -2.17. The number of benzene rings is 7. The summed E-state index contributed by atoms with van der Waals surface area (Å²) in [5.41, 5.74) is 10.3. The molecule has 9 rings (SSSR count). The number of nitrogens with zero attached hydrogens (tertiary/aromatic N) is 2. The van der Waals surface area contributed by atoms with Gasteiger partial charge in [-0.2, -0.15) is 0 Å². The van der Waals surface area contributed by atoms with Crippen molar-refractivity contribution in [1.29, 1.82) is 0 Å². The minimum Gasteiger partial charge on any atom is -0.455 e. The number of aliphatic imine (C=N–C) groups is 2. The lowest BCUT2D eigenvalue weighted by molar-refractivity contribution is 0.670. The van der Waals surface area contributed by atoms with Gasteiger partial charge in [0.1, 0.15) is 11.2 Å². The van der Waals surface area contributed by atoms with Crippen LogP contribution in [0.25, 0.3) is 60.3 Å². The molecule has 1 aliphatic heterocycles. The highest BCUT2D eigenvalue weighted by atomic mass is 16.3. The SMILES string of the molecule is Cc1ccc2c(oc3c4ccccc4ccc23)c1C1=CCC(C)C(c2cccc3ccccc23)=NC(c2ccc(-c3ccccc3)cc2)=N1. The molecule has 0 bridgehead atoms. The van der Waals surface area contributed by atoms with Crippen molar-refractivity contribution in [2.45, 2.75) is 20.3 Å². The first kappa shape index (κ1) is 29.1. The third-order valence-corrected chi connectivity index (χ3v) is 9.90. The number of aryl methyl sites for hydroxylation is 1. The minimum absolute atomic E-state index is 0.147. The Balaban J connectivity index is 1.26. The second-order valence-electron chi connectivity index (χ2n) is 13.0. The Kier molecular flexibility index (Phi) is 7.05. The average molecular weight is 631 g/mol. The summed E-state index contributed by atoms with van der Waals surface area (Å²) in [7, 11) is 0. The first-order valence-electron chi connectivity index (χ1n) is 17.0. The van der Waals surface area contributed by atoms with Crippen molar-refractivity contribution >= 4 is 60.7 Å². The number of fused-ring (bicyclic) bond motifs is 6.